The molecule has 0 aliphatic rings. The van der Waals surface area contributed by atoms with E-state index in [1.54, 1.807) is 18.2 Å². The van der Waals surface area contributed by atoms with Gasteiger partial charge in [-0.3, -0.25) is 4.79 Å². The topological polar surface area (TPSA) is 84.5 Å². The van der Waals surface area contributed by atoms with Crippen LogP contribution in [0.4, 0.5) is 0 Å². The minimum atomic E-state index is -4.15. The molecular weight excluding hydrogens is 507 g/mol. The third-order valence-corrected chi connectivity index (χ3v) is 7.09. The Morgan fingerprint density at radius 1 is 0.970 bits per heavy atom. The van der Waals surface area contributed by atoms with Crippen LogP contribution in [0.1, 0.15) is 11.1 Å². The summed E-state index contributed by atoms with van der Waals surface area (Å²) in [5, 5.41) is 3.83. The SMILES string of the molecule is COc1ccc(Cl)cc1S(=O)(=O)N[C@@H](Cc1ccccc1)C(=O)NCc1ccc(Cl)cc1Cl. The molecule has 0 radical (unpaired) electrons. The normalized spacial score (nSPS) is 12.2. The molecule has 33 heavy (non-hydrogen) atoms. The van der Waals surface area contributed by atoms with Crippen LogP contribution < -0.4 is 14.8 Å². The number of methoxy groups -OCH3 is 1. The summed E-state index contributed by atoms with van der Waals surface area (Å²) in [5.74, 6) is -0.409. The molecule has 0 aliphatic carbocycles. The van der Waals surface area contributed by atoms with Gasteiger partial charge in [-0.2, -0.15) is 4.72 Å². The molecule has 0 unspecified atom stereocenters. The van der Waals surface area contributed by atoms with E-state index in [9.17, 15) is 13.2 Å². The first kappa shape index (κ1) is 25.3. The Morgan fingerprint density at radius 2 is 1.64 bits per heavy atom. The largest absolute Gasteiger partial charge is 0.495 e. The van der Waals surface area contributed by atoms with Gasteiger partial charge in [0.2, 0.25) is 15.9 Å². The van der Waals surface area contributed by atoms with Gasteiger partial charge in [0, 0.05) is 21.6 Å². The lowest BCUT2D eigenvalue weighted by atomic mass is 10.1. The maximum absolute atomic E-state index is 13.2. The first-order valence-electron chi connectivity index (χ1n) is 9.81. The molecule has 6 nitrogen and oxygen atoms in total. The number of carbonyl (C=O) groups excluding carboxylic acids is 1. The quantitative estimate of drug-likeness (QED) is 0.416. The van der Waals surface area contributed by atoms with Crippen molar-refractivity contribution in [2.45, 2.75) is 23.9 Å². The molecule has 1 atom stereocenters. The van der Waals surface area contributed by atoms with Crippen molar-refractivity contribution in [2.75, 3.05) is 7.11 Å². The van der Waals surface area contributed by atoms with E-state index in [1.165, 1.54) is 25.3 Å². The molecule has 0 aromatic heterocycles. The van der Waals surface area contributed by atoms with Crippen LogP contribution in [0.2, 0.25) is 15.1 Å². The van der Waals surface area contributed by atoms with Gasteiger partial charge in [0.15, 0.2) is 0 Å². The molecule has 3 aromatic carbocycles. The molecule has 0 spiro atoms. The standard InChI is InChI=1S/C23H21Cl3N2O4S/c1-32-21-10-9-18(25)13-22(21)33(30,31)28-20(11-15-5-3-2-4-6-15)23(29)27-14-16-7-8-17(24)12-19(16)26/h2-10,12-13,20,28H,11,14H2,1H3,(H,27,29)/t20-/m0/s1. The van der Waals surface area contributed by atoms with Crippen molar-refractivity contribution in [3.63, 3.8) is 0 Å². The Labute approximate surface area is 207 Å². The van der Waals surface area contributed by atoms with Crippen LogP contribution in [-0.4, -0.2) is 27.5 Å². The Hall–Kier alpha value is -2.29. The summed E-state index contributed by atoms with van der Waals surface area (Å²) >= 11 is 18.1. The zero-order valence-corrected chi connectivity index (χ0v) is 20.6. The van der Waals surface area contributed by atoms with Crippen LogP contribution in [-0.2, 0) is 27.8 Å². The van der Waals surface area contributed by atoms with Crippen LogP contribution in [0, 0.1) is 0 Å². The smallest absolute Gasteiger partial charge is 0.245 e. The molecule has 10 heteroatoms. The van der Waals surface area contributed by atoms with E-state index in [-0.39, 0.29) is 28.6 Å². The number of sulfonamides is 1. The summed E-state index contributed by atoms with van der Waals surface area (Å²) in [5.41, 5.74) is 1.43. The maximum Gasteiger partial charge on any atom is 0.245 e. The van der Waals surface area contributed by atoms with Gasteiger partial charge in [-0.15, -0.1) is 0 Å². The van der Waals surface area contributed by atoms with Crippen molar-refractivity contribution in [3.05, 3.63) is 92.9 Å². The van der Waals surface area contributed by atoms with Crippen molar-refractivity contribution >= 4 is 50.7 Å². The molecule has 2 N–H and O–H groups in total. The number of hydrogen-bond acceptors (Lipinski definition) is 4. The Kier molecular flexibility index (Phi) is 8.62. The van der Waals surface area contributed by atoms with Gasteiger partial charge < -0.3 is 10.1 Å². The molecule has 174 valence electrons. The molecule has 1 amide bonds. The second kappa shape index (κ2) is 11.2. The monoisotopic (exact) mass is 526 g/mol. The molecule has 0 saturated carbocycles. The lowest BCUT2D eigenvalue weighted by molar-refractivity contribution is -0.122. The van der Waals surface area contributed by atoms with Gasteiger partial charge in [-0.05, 0) is 47.9 Å². The van der Waals surface area contributed by atoms with E-state index in [0.717, 1.165) is 5.56 Å². The van der Waals surface area contributed by atoms with E-state index in [0.29, 0.717) is 15.6 Å². The molecule has 0 heterocycles. The second-order valence-corrected chi connectivity index (χ2v) is 10.1. The van der Waals surface area contributed by atoms with E-state index in [2.05, 4.69) is 10.0 Å². The summed E-state index contributed by atoms with van der Waals surface area (Å²) in [6.07, 6.45) is 0.128. The van der Waals surface area contributed by atoms with Crippen molar-refractivity contribution in [2.24, 2.45) is 0 Å². The number of amides is 1. The van der Waals surface area contributed by atoms with Crippen LogP contribution in [0.3, 0.4) is 0 Å². The fraction of sp³-hybridized carbons (Fsp3) is 0.174. The summed E-state index contributed by atoms with van der Waals surface area (Å²) in [7, 11) is -2.80. The predicted molar refractivity (Wildman–Crippen MR) is 131 cm³/mol. The van der Waals surface area contributed by atoms with Gasteiger partial charge in [0.05, 0.1) is 7.11 Å². The highest BCUT2D eigenvalue weighted by Crippen LogP contribution is 2.27. The van der Waals surface area contributed by atoms with E-state index < -0.39 is 22.0 Å². The van der Waals surface area contributed by atoms with Gasteiger partial charge in [-0.1, -0.05) is 71.2 Å². The van der Waals surface area contributed by atoms with Crippen LogP contribution >= 0.6 is 34.8 Å². The fourth-order valence-electron chi connectivity index (χ4n) is 3.12. The molecule has 0 saturated heterocycles. The first-order valence-corrected chi connectivity index (χ1v) is 12.4. The zero-order chi connectivity index (χ0) is 24.0. The highest BCUT2D eigenvalue weighted by molar-refractivity contribution is 7.89. The first-order chi connectivity index (χ1) is 15.7. The Bertz CT molecular complexity index is 1240. The Balaban J connectivity index is 1.86. The minimum absolute atomic E-state index is 0.0995. The summed E-state index contributed by atoms with van der Waals surface area (Å²) < 4.78 is 34.0. The molecular formula is C23H21Cl3N2O4S. The van der Waals surface area contributed by atoms with Crippen molar-refractivity contribution in [1.29, 1.82) is 0 Å². The zero-order valence-electron chi connectivity index (χ0n) is 17.5. The number of rotatable bonds is 9. The molecule has 3 rings (SSSR count). The number of nitrogens with one attached hydrogen (secondary N) is 2. The van der Waals surface area contributed by atoms with Crippen LogP contribution in [0.5, 0.6) is 5.75 Å². The number of halogens is 3. The lowest BCUT2D eigenvalue weighted by Crippen LogP contribution is -2.47. The average Bonchev–Trinajstić information content (AvgIpc) is 2.78. The molecule has 0 fully saturated rings. The highest BCUT2D eigenvalue weighted by Gasteiger charge is 2.28. The number of hydrogen-bond donors (Lipinski definition) is 2. The number of benzene rings is 3. The summed E-state index contributed by atoms with van der Waals surface area (Å²) in [6, 6.07) is 17.1. The van der Waals surface area contributed by atoms with Crippen molar-refractivity contribution < 1.29 is 17.9 Å². The summed E-state index contributed by atoms with van der Waals surface area (Å²) in [4.78, 5) is 12.9. The van der Waals surface area contributed by atoms with E-state index in [1.807, 2.05) is 30.3 Å². The van der Waals surface area contributed by atoms with Crippen molar-refractivity contribution in [1.82, 2.24) is 10.0 Å². The van der Waals surface area contributed by atoms with Gasteiger partial charge in [0.1, 0.15) is 16.7 Å². The van der Waals surface area contributed by atoms with Gasteiger partial charge >= 0.3 is 0 Å². The fourth-order valence-corrected chi connectivity index (χ4v) is 5.22. The van der Waals surface area contributed by atoms with Crippen molar-refractivity contribution in [3.8, 4) is 5.75 Å². The highest BCUT2D eigenvalue weighted by atomic mass is 35.5. The van der Waals surface area contributed by atoms with Crippen LogP contribution in [0.25, 0.3) is 0 Å². The lowest BCUT2D eigenvalue weighted by Gasteiger charge is -2.20. The molecule has 0 aliphatic heterocycles. The van der Waals surface area contributed by atoms with E-state index in [4.69, 9.17) is 39.5 Å². The average molecular weight is 528 g/mol. The minimum Gasteiger partial charge on any atom is -0.495 e. The Morgan fingerprint density at radius 3 is 2.30 bits per heavy atom. The summed E-state index contributed by atoms with van der Waals surface area (Å²) in [6.45, 7) is 0.0995. The number of ether oxygens (including phenoxy) is 1. The van der Waals surface area contributed by atoms with Gasteiger partial charge in [-0.25, -0.2) is 8.42 Å². The second-order valence-electron chi connectivity index (χ2n) is 7.11. The third-order valence-electron chi connectivity index (χ3n) is 4.78. The predicted octanol–water partition coefficient (Wildman–Crippen LogP) is 4.86. The maximum atomic E-state index is 13.2. The van der Waals surface area contributed by atoms with Crippen LogP contribution in [0.15, 0.2) is 71.6 Å². The van der Waals surface area contributed by atoms with Gasteiger partial charge in [0.25, 0.3) is 0 Å². The van der Waals surface area contributed by atoms with E-state index >= 15 is 0 Å². The third kappa shape index (κ3) is 6.85. The number of carbonyl (C=O) groups is 1. The molecule has 0 bridgehead atoms. The molecule has 3 aromatic rings.